The number of hydrogen-bond acceptors (Lipinski definition) is 2. The van der Waals surface area contributed by atoms with Crippen LogP contribution in [0.1, 0.15) is 57.2 Å². The number of nitrogens with two attached hydrogens (primary N) is 1. The van der Waals surface area contributed by atoms with Gasteiger partial charge in [0.05, 0.1) is 5.52 Å². The van der Waals surface area contributed by atoms with E-state index in [0.717, 1.165) is 28.7 Å². The standard InChI is InChI=1S/C16H22N2/c1-5-11(4)12-6-7-15-13(8-12)14(17)9-16(18-15)10(2)3/h6-11H,5H2,1-4H3,(H2,17,18). The van der Waals surface area contributed by atoms with E-state index in [2.05, 4.69) is 50.9 Å². The average Bonchev–Trinajstić information content (AvgIpc) is 2.37. The van der Waals surface area contributed by atoms with Crippen molar-refractivity contribution in [2.24, 2.45) is 0 Å². The Morgan fingerprint density at radius 3 is 2.50 bits per heavy atom. The minimum Gasteiger partial charge on any atom is -0.398 e. The van der Waals surface area contributed by atoms with E-state index in [9.17, 15) is 0 Å². The second kappa shape index (κ2) is 4.97. The summed E-state index contributed by atoms with van der Waals surface area (Å²) in [7, 11) is 0. The zero-order chi connectivity index (χ0) is 13.3. The third kappa shape index (κ3) is 2.33. The van der Waals surface area contributed by atoms with Crippen molar-refractivity contribution < 1.29 is 0 Å². The summed E-state index contributed by atoms with van der Waals surface area (Å²) < 4.78 is 0. The van der Waals surface area contributed by atoms with Crippen molar-refractivity contribution in [3.05, 3.63) is 35.5 Å². The Hall–Kier alpha value is -1.57. The molecule has 0 amide bonds. The first-order chi connectivity index (χ1) is 8.52. The van der Waals surface area contributed by atoms with Gasteiger partial charge in [-0.3, -0.25) is 4.98 Å². The van der Waals surface area contributed by atoms with Crippen molar-refractivity contribution in [1.29, 1.82) is 0 Å². The van der Waals surface area contributed by atoms with Crippen LogP contribution in [0.5, 0.6) is 0 Å². The van der Waals surface area contributed by atoms with Gasteiger partial charge in [0.25, 0.3) is 0 Å². The molecule has 1 unspecified atom stereocenters. The van der Waals surface area contributed by atoms with Gasteiger partial charge < -0.3 is 5.73 Å². The number of hydrogen-bond donors (Lipinski definition) is 1. The fourth-order valence-electron chi connectivity index (χ4n) is 2.13. The van der Waals surface area contributed by atoms with E-state index in [4.69, 9.17) is 5.73 Å². The van der Waals surface area contributed by atoms with Crippen molar-refractivity contribution >= 4 is 16.6 Å². The highest BCUT2D eigenvalue weighted by atomic mass is 14.7. The van der Waals surface area contributed by atoms with Crippen molar-refractivity contribution in [2.75, 3.05) is 5.73 Å². The molecule has 0 radical (unpaired) electrons. The number of fused-ring (bicyclic) bond motifs is 1. The molecular formula is C16H22N2. The smallest absolute Gasteiger partial charge is 0.0726 e. The van der Waals surface area contributed by atoms with Crippen molar-refractivity contribution in [2.45, 2.75) is 46.0 Å². The molecule has 1 aromatic carbocycles. The molecule has 0 saturated heterocycles. The maximum Gasteiger partial charge on any atom is 0.0726 e. The summed E-state index contributed by atoms with van der Waals surface area (Å²) in [6.45, 7) is 8.73. The minimum absolute atomic E-state index is 0.408. The van der Waals surface area contributed by atoms with Crippen LogP contribution in [0.3, 0.4) is 0 Å². The number of pyridine rings is 1. The van der Waals surface area contributed by atoms with E-state index in [1.807, 2.05) is 6.07 Å². The quantitative estimate of drug-likeness (QED) is 0.863. The average molecular weight is 242 g/mol. The molecule has 2 nitrogen and oxygen atoms in total. The third-order valence-electron chi connectivity index (χ3n) is 3.66. The van der Waals surface area contributed by atoms with E-state index in [1.165, 1.54) is 5.56 Å². The highest BCUT2D eigenvalue weighted by Gasteiger charge is 2.09. The summed E-state index contributed by atoms with van der Waals surface area (Å²) in [5, 5.41) is 1.08. The molecule has 2 N–H and O–H groups in total. The maximum absolute atomic E-state index is 6.17. The van der Waals surface area contributed by atoms with Gasteiger partial charge in [0.15, 0.2) is 0 Å². The van der Waals surface area contributed by atoms with Crippen LogP contribution in [0.15, 0.2) is 24.3 Å². The number of nitrogen functional groups attached to an aromatic ring is 1. The van der Waals surface area contributed by atoms with E-state index >= 15 is 0 Å². The number of rotatable bonds is 3. The van der Waals surface area contributed by atoms with Gasteiger partial charge in [-0.15, -0.1) is 0 Å². The zero-order valence-corrected chi connectivity index (χ0v) is 11.7. The van der Waals surface area contributed by atoms with Crippen LogP contribution in [0, 0.1) is 0 Å². The molecule has 0 saturated carbocycles. The Morgan fingerprint density at radius 2 is 1.89 bits per heavy atom. The summed E-state index contributed by atoms with van der Waals surface area (Å²) in [6, 6.07) is 8.47. The van der Waals surface area contributed by atoms with Crippen LogP contribution in [-0.2, 0) is 0 Å². The molecule has 1 heterocycles. The highest BCUT2D eigenvalue weighted by molar-refractivity contribution is 5.90. The predicted molar refractivity (Wildman–Crippen MR) is 79.0 cm³/mol. The SMILES string of the molecule is CCC(C)c1ccc2nc(C(C)C)cc(N)c2c1. The molecule has 18 heavy (non-hydrogen) atoms. The molecule has 2 heteroatoms. The highest BCUT2D eigenvalue weighted by Crippen LogP contribution is 2.28. The van der Waals surface area contributed by atoms with Crippen molar-refractivity contribution in [1.82, 2.24) is 4.98 Å². The molecule has 1 atom stereocenters. The predicted octanol–water partition coefficient (Wildman–Crippen LogP) is 4.45. The number of aromatic nitrogens is 1. The van der Waals surface area contributed by atoms with E-state index in [0.29, 0.717) is 11.8 Å². The van der Waals surface area contributed by atoms with Crippen LogP contribution < -0.4 is 5.73 Å². The lowest BCUT2D eigenvalue weighted by Crippen LogP contribution is -1.99. The Balaban J connectivity index is 2.58. The van der Waals surface area contributed by atoms with Gasteiger partial charge in [0, 0.05) is 16.8 Å². The second-order valence-electron chi connectivity index (χ2n) is 5.38. The van der Waals surface area contributed by atoms with E-state index < -0.39 is 0 Å². The Labute approximate surface area is 109 Å². The van der Waals surface area contributed by atoms with Crippen LogP contribution in [0.25, 0.3) is 10.9 Å². The number of nitrogens with zero attached hydrogens (tertiary/aromatic N) is 1. The molecule has 96 valence electrons. The molecule has 2 rings (SSSR count). The second-order valence-corrected chi connectivity index (χ2v) is 5.38. The van der Waals surface area contributed by atoms with Crippen LogP contribution in [0.2, 0.25) is 0 Å². The zero-order valence-electron chi connectivity index (χ0n) is 11.7. The molecule has 0 aliphatic carbocycles. The van der Waals surface area contributed by atoms with Gasteiger partial charge in [0.2, 0.25) is 0 Å². The Kier molecular flexibility index (Phi) is 3.55. The van der Waals surface area contributed by atoms with Gasteiger partial charge >= 0.3 is 0 Å². The van der Waals surface area contributed by atoms with Crippen LogP contribution >= 0.6 is 0 Å². The van der Waals surface area contributed by atoms with Crippen molar-refractivity contribution in [3.8, 4) is 0 Å². The summed E-state index contributed by atoms with van der Waals surface area (Å²) in [4.78, 5) is 4.68. The van der Waals surface area contributed by atoms with E-state index in [1.54, 1.807) is 0 Å². The Morgan fingerprint density at radius 1 is 1.17 bits per heavy atom. The minimum atomic E-state index is 0.408. The first-order valence-corrected chi connectivity index (χ1v) is 6.73. The summed E-state index contributed by atoms with van der Waals surface area (Å²) in [5.41, 5.74) is 10.4. The molecule has 0 aliphatic heterocycles. The van der Waals surface area contributed by atoms with Crippen molar-refractivity contribution in [3.63, 3.8) is 0 Å². The molecule has 2 aromatic rings. The Bertz CT molecular complexity index is 558. The van der Waals surface area contributed by atoms with Crippen LogP contribution in [-0.4, -0.2) is 4.98 Å². The van der Waals surface area contributed by atoms with Gasteiger partial charge in [-0.2, -0.15) is 0 Å². The number of anilines is 1. The third-order valence-corrected chi connectivity index (χ3v) is 3.66. The van der Waals surface area contributed by atoms with Gasteiger partial charge in [0.1, 0.15) is 0 Å². The topological polar surface area (TPSA) is 38.9 Å². The lowest BCUT2D eigenvalue weighted by atomic mass is 9.96. The molecule has 0 spiro atoms. The maximum atomic E-state index is 6.17. The summed E-state index contributed by atoms with van der Waals surface area (Å²) in [5.74, 6) is 0.976. The first kappa shape index (κ1) is 12.9. The lowest BCUT2D eigenvalue weighted by Gasteiger charge is -2.13. The largest absolute Gasteiger partial charge is 0.398 e. The van der Waals surface area contributed by atoms with E-state index in [-0.39, 0.29) is 0 Å². The summed E-state index contributed by atoms with van der Waals surface area (Å²) in [6.07, 6.45) is 1.14. The normalized spacial score (nSPS) is 13.2. The number of benzene rings is 1. The first-order valence-electron chi connectivity index (χ1n) is 6.73. The summed E-state index contributed by atoms with van der Waals surface area (Å²) >= 11 is 0. The lowest BCUT2D eigenvalue weighted by molar-refractivity contribution is 0.734. The molecule has 0 bridgehead atoms. The molecule has 0 aliphatic rings. The fourth-order valence-corrected chi connectivity index (χ4v) is 2.13. The van der Waals surface area contributed by atoms with Crippen LogP contribution in [0.4, 0.5) is 5.69 Å². The van der Waals surface area contributed by atoms with Gasteiger partial charge in [-0.05, 0) is 42.0 Å². The molecular weight excluding hydrogens is 220 g/mol. The monoisotopic (exact) mass is 242 g/mol. The van der Waals surface area contributed by atoms with Gasteiger partial charge in [-0.25, -0.2) is 0 Å². The molecule has 1 aromatic heterocycles. The molecule has 0 fully saturated rings. The fraction of sp³-hybridized carbons (Fsp3) is 0.438. The van der Waals surface area contributed by atoms with Gasteiger partial charge in [-0.1, -0.05) is 33.8 Å².